The van der Waals surface area contributed by atoms with E-state index in [9.17, 15) is 9.59 Å². The van der Waals surface area contributed by atoms with Gasteiger partial charge in [0.1, 0.15) is 5.76 Å². The van der Waals surface area contributed by atoms with Gasteiger partial charge in [0.25, 0.3) is 5.91 Å². The van der Waals surface area contributed by atoms with Crippen LogP contribution in [0.25, 0.3) is 0 Å². The van der Waals surface area contributed by atoms with Gasteiger partial charge in [-0.25, -0.2) is 0 Å². The predicted molar refractivity (Wildman–Crippen MR) is 103 cm³/mol. The summed E-state index contributed by atoms with van der Waals surface area (Å²) in [6, 6.07) is 11.7. The molecule has 2 aromatic rings. The Morgan fingerprint density at radius 1 is 1.15 bits per heavy atom. The van der Waals surface area contributed by atoms with E-state index in [2.05, 4.69) is 10.6 Å². The summed E-state index contributed by atoms with van der Waals surface area (Å²) in [6.45, 7) is 4.16. The normalized spacial score (nSPS) is 13.6. The van der Waals surface area contributed by atoms with Crippen molar-refractivity contribution in [3.63, 3.8) is 0 Å². The van der Waals surface area contributed by atoms with E-state index >= 15 is 0 Å². The molecule has 1 saturated carbocycles. The summed E-state index contributed by atoms with van der Waals surface area (Å²) in [7, 11) is 0. The van der Waals surface area contributed by atoms with E-state index in [1.165, 1.54) is 0 Å². The van der Waals surface area contributed by atoms with Crippen LogP contribution in [0.1, 0.15) is 47.9 Å². The van der Waals surface area contributed by atoms with Gasteiger partial charge in [-0.15, -0.1) is 0 Å². The lowest BCUT2D eigenvalue weighted by Crippen LogP contribution is -2.36. The van der Waals surface area contributed by atoms with Gasteiger partial charge in [-0.3, -0.25) is 14.5 Å². The molecule has 3 rings (SSSR count). The molecule has 6 heteroatoms. The molecule has 0 radical (unpaired) electrons. The molecule has 1 aliphatic rings. The first-order chi connectivity index (χ1) is 13.1. The number of amides is 2. The van der Waals surface area contributed by atoms with E-state index < -0.39 is 0 Å². The van der Waals surface area contributed by atoms with Crippen molar-refractivity contribution < 1.29 is 14.0 Å². The molecule has 0 atom stereocenters. The molecule has 2 N–H and O–H groups in total. The van der Waals surface area contributed by atoms with Crippen LogP contribution in [-0.4, -0.2) is 35.8 Å². The maximum absolute atomic E-state index is 12.1. The van der Waals surface area contributed by atoms with Crippen molar-refractivity contribution in [3.05, 3.63) is 59.5 Å². The number of rotatable bonds is 10. The molecule has 0 bridgehead atoms. The SMILES string of the molecule is CCCNC(=O)CN(Cc1ccc(C(=O)NC2CC2)cc1)Cc1ccco1. The van der Waals surface area contributed by atoms with Crippen molar-refractivity contribution >= 4 is 11.8 Å². The van der Waals surface area contributed by atoms with Gasteiger partial charge >= 0.3 is 0 Å². The molecule has 1 aliphatic carbocycles. The molecule has 1 fully saturated rings. The van der Waals surface area contributed by atoms with Crippen LogP contribution in [0.2, 0.25) is 0 Å². The van der Waals surface area contributed by atoms with Crippen LogP contribution < -0.4 is 10.6 Å². The highest BCUT2D eigenvalue weighted by Gasteiger charge is 2.23. The second kappa shape index (κ2) is 9.37. The van der Waals surface area contributed by atoms with Crippen molar-refractivity contribution in [3.8, 4) is 0 Å². The van der Waals surface area contributed by atoms with Crippen molar-refractivity contribution in [2.45, 2.75) is 45.3 Å². The minimum absolute atomic E-state index is 0.00355. The highest BCUT2D eigenvalue weighted by molar-refractivity contribution is 5.94. The molecular formula is C21H27N3O3. The molecule has 144 valence electrons. The summed E-state index contributed by atoms with van der Waals surface area (Å²) in [5.74, 6) is 0.804. The molecule has 2 amide bonds. The summed E-state index contributed by atoms with van der Waals surface area (Å²) in [4.78, 5) is 26.3. The van der Waals surface area contributed by atoms with Crippen molar-refractivity contribution in [1.82, 2.24) is 15.5 Å². The zero-order chi connectivity index (χ0) is 19.1. The van der Waals surface area contributed by atoms with Crippen LogP contribution in [0.15, 0.2) is 47.1 Å². The largest absolute Gasteiger partial charge is 0.468 e. The molecule has 0 saturated heterocycles. The molecular weight excluding hydrogens is 342 g/mol. The molecule has 1 aromatic carbocycles. The molecule has 1 heterocycles. The van der Waals surface area contributed by atoms with Crippen molar-refractivity contribution in [1.29, 1.82) is 0 Å². The Hall–Kier alpha value is -2.60. The van der Waals surface area contributed by atoms with E-state index in [1.807, 2.05) is 48.2 Å². The number of nitrogens with one attached hydrogen (secondary N) is 2. The third-order valence-corrected chi connectivity index (χ3v) is 4.43. The van der Waals surface area contributed by atoms with Crippen LogP contribution >= 0.6 is 0 Å². The maximum atomic E-state index is 12.1. The third-order valence-electron chi connectivity index (χ3n) is 4.43. The van der Waals surface area contributed by atoms with Crippen molar-refractivity contribution in [2.75, 3.05) is 13.1 Å². The zero-order valence-electron chi connectivity index (χ0n) is 15.7. The Morgan fingerprint density at radius 3 is 2.56 bits per heavy atom. The van der Waals surface area contributed by atoms with Gasteiger partial charge in [0, 0.05) is 24.7 Å². The Labute approximate surface area is 159 Å². The predicted octanol–water partition coefficient (Wildman–Crippen LogP) is 2.70. The second-order valence-corrected chi connectivity index (χ2v) is 7.02. The highest BCUT2D eigenvalue weighted by Crippen LogP contribution is 2.19. The molecule has 27 heavy (non-hydrogen) atoms. The van der Waals surface area contributed by atoms with Crippen LogP contribution in [0.4, 0.5) is 0 Å². The first-order valence-electron chi connectivity index (χ1n) is 9.55. The number of hydrogen-bond acceptors (Lipinski definition) is 4. The number of benzene rings is 1. The first-order valence-corrected chi connectivity index (χ1v) is 9.55. The lowest BCUT2D eigenvalue weighted by Gasteiger charge is -2.21. The van der Waals surface area contributed by atoms with Gasteiger partial charge < -0.3 is 15.1 Å². The highest BCUT2D eigenvalue weighted by atomic mass is 16.3. The molecule has 0 unspecified atom stereocenters. The summed E-state index contributed by atoms with van der Waals surface area (Å²) < 4.78 is 5.43. The lowest BCUT2D eigenvalue weighted by molar-refractivity contribution is -0.122. The average molecular weight is 369 g/mol. The van der Waals surface area contributed by atoms with E-state index in [0.29, 0.717) is 37.8 Å². The summed E-state index contributed by atoms with van der Waals surface area (Å²) >= 11 is 0. The Morgan fingerprint density at radius 2 is 1.93 bits per heavy atom. The Balaban J connectivity index is 1.61. The first kappa shape index (κ1) is 19.2. The fourth-order valence-corrected chi connectivity index (χ4v) is 2.83. The van der Waals surface area contributed by atoms with E-state index in [1.54, 1.807) is 6.26 Å². The summed E-state index contributed by atoms with van der Waals surface area (Å²) in [6.07, 6.45) is 4.70. The van der Waals surface area contributed by atoms with Gasteiger partial charge in [-0.05, 0) is 49.1 Å². The number of carbonyl (C=O) groups is 2. The standard InChI is InChI=1S/C21H27N3O3/c1-2-11-22-20(25)15-24(14-19-4-3-12-27-19)13-16-5-7-17(8-6-16)21(26)23-18-9-10-18/h3-8,12,18H,2,9-11,13-15H2,1H3,(H,22,25)(H,23,26). The van der Waals surface area contributed by atoms with Crippen LogP contribution in [-0.2, 0) is 17.9 Å². The molecule has 1 aromatic heterocycles. The third kappa shape index (κ3) is 6.25. The lowest BCUT2D eigenvalue weighted by atomic mass is 10.1. The minimum Gasteiger partial charge on any atom is -0.468 e. The second-order valence-electron chi connectivity index (χ2n) is 7.02. The number of furan rings is 1. The van der Waals surface area contributed by atoms with Crippen LogP contribution in [0, 0.1) is 0 Å². The minimum atomic E-state index is -0.0181. The van der Waals surface area contributed by atoms with Crippen LogP contribution in [0.3, 0.4) is 0 Å². The topological polar surface area (TPSA) is 74.6 Å². The van der Waals surface area contributed by atoms with Gasteiger partial charge in [0.05, 0.1) is 19.4 Å². The maximum Gasteiger partial charge on any atom is 0.251 e. The molecule has 0 aliphatic heterocycles. The van der Waals surface area contributed by atoms with E-state index in [4.69, 9.17) is 4.42 Å². The van der Waals surface area contributed by atoms with E-state index in [0.717, 1.165) is 30.6 Å². The summed E-state index contributed by atoms with van der Waals surface area (Å²) in [5.41, 5.74) is 1.72. The van der Waals surface area contributed by atoms with Gasteiger partial charge in [-0.2, -0.15) is 0 Å². The number of hydrogen-bond donors (Lipinski definition) is 2. The fourth-order valence-electron chi connectivity index (χ4n) is 2.83. The zero-order valence-corrected chi connectivity index (χ0v) is 15.7. The Bertz CT molecular complexity index is 737. The van der Waals surface area contributed by atoms with Crippen LogP contribution in [0.5, 0.6) is 0 Å². The Kier molecular flexibility index (Phi) is 6.65. The van der Waals surface area contributed by atoms with E-state index in [-0.39, 0.29) is 11.8 Å². The molecule has 0 spiro atoms. The number of carbonyl (C=O) groups excluding carboxylic acids is 2. The molecule has 6 nitrogen and oxygen atoms in total. The van der Waals surface area contributed by atoms with Crippen molar-refractivity contribution in [2.24, 2.45) is 0 Å². The van der Waals surface area contributed by atoms with Gasteiger partial charge in [0.15, 0.2) is 0 Å². The van der Waals surface area contributed by atoms with Gasteiger partial charge in [-0.1, -0.05) is 19.1 Å². The smallest absolute Gasteiger partial charge is 0.251 e. The fraction of sp³-hybridized carbons (Fsp3) is 0.429. The number of nitrogens with zero attached hydrogens (tertiary/aromatic N) is 1. The van der Waals surface area contributed by atoms with Gasteiger partial charge in [0.2, 0.25) is 5.91 Å². The quantitative estimate of drug-likeness (QED) is 0.675. The average Bonchev–Trinajstić information content (AvgIpc) is 3.33. The summed E-state index contributed by atoms with van der Waals surface area (Å²) in [5, 5.41) is 5.90. The monoisotopic (exact) mass is 369 g/mol.